The van der Waals surface area contributed by atoms with E-state index in [-0.39, 0.29) is 36.7 Å². The number of imide groups is 1. The first kappa shape index (κ1) is 12.6. The third-order valence-electron chi connectivity index (χ3n) is 4.05. The number of hydrogen-bond donors (Lipinski definition) is 1. The van der Waals surface area contributed by atoms with E-state index in [0.29, 0.717) is 0 Å². The molecule has 1 atom stereocenters. The van der Waals surface area contributed by atoms with Crippen LogP contribution in [0.2, 0.25) is 0 Å². The van der Waals surface area contributed by atoms with E-state index in [4.69, 9.17) is 0 Å². The van der Waals surface area contributed by atoms with Gasteiger partial charge in [0.1, 0.15) is 0 Å². The zero-order valence-corrected chi connectivity index (χ0v) is 10.9. The zero-order valence-electron chi connectivity index (χ0n) is 10.9. The van der Waals surface area contributed by atoms with Crippen LogP contribution in [-0.2, 0) is 14.4 Å². The van der Waals surface area contributed by atoms with E-state index < -0.39 is 6.04 Å². The fraction of sp³-hybridized carbons (Fsp3) is 0.769. The van der Waals surface area contributed by atoms with Crippen LogP contribution in [0.25, 0.3) is 0 Å². The van der Waals surface area contributed by atoms with Crippen molar-refractivity contribution in [2.75, 3.05) is 19.6 Å². The molecule has 1 saturated carbocycles. The van der Waals surface area contributed by atoms with Crippen LogP contribution in [0.3, 0.4) is 0 Å². The lowest BCUT2D eigenvalue weighted by Crippen LogP contribution is -2.44. The fourth-order valence-corrected chi connectivity index (χ4v) is 2.82. The zero-order chi connectivity index (χ0) is 13.4. The molecule has 6 nitrogen and oxygen atoms in total. The van der Waals surface area contributed by atoms with E-state index in [0.717, 1.165) is 38.8 Å². The molecule has 3 amide bonds. The summed E-state index contributed by atoms with van der Waals surface area (Å²) in [6.45, 7) is 1.78. The molecule has 3 aliphatic rings. The monoisotopic (exact) mass is 265 g/mol. The molecule has 104 valence electrons. The Labute approximate surface area is 112 Å². The molecule has 3 rings (SSSR count). The molecule has 0 aromatic rings. The van der Waals surface area contributed by atoms with Gasteiger partial charge in [-0.15, -0.1) is 0 Å². The summed E-state index contributed by atoms with van der Waals surface area (Å²) in [7, 11) is 0. The van der Waals surface area contributed by atoms with Crippen molar-refractivity contribution in [2.45, 2.75) is 44.2 Å². The van der Waals surface area contributed by atoms with Crippen molar-refractivity contribution >= 4 is 17.7 Å². The third kappa shape index (κ3) is 2.49. The number of likely N-dealkylation sites (tertiary alicyclic amines) is 2. The van der Waals surface area contributed by atoms with Crippen LogP contribution in [0.1, 0.15) is 32.1 Å². The number of carbonyl (C=O) groups is 3. The van der Waals surface area contributed by atoms with Gasteiger partial charge in [-0.1, -0.05) is 0 Å². The largest absolute Gasteiger partial charge is 0.342 e. The highest BCUT2D eigenvalue weighted by Gasteiger charge is 2.46. The summed E-state index contributed by atoms with van der Waals surface area (Å²) in [5.41, 5.74) is 0. The smallest absolute Gasteiger partial charge is 0.247 e. The molecular weight excluding hydrogens is 246 g/mol. The third-order valence-corrected chi connectivity index (χ3v) is 4.05. The normalized spacial score (nSPS) is 27.5. The molecule has 3 fully saturated rings. The Kier molecular flexibility index (Phi) is 3.26. The number of rotatable bonds is 4. The van der Waals surface area contributed by atoms with E-state index in [2.05, 4.69) is 5.32 Å². The summed E-state index contributed by atoms with van der Waals surface area (Å²) in [4.78, 5) is 38.9. The second-order valence-corrected chi connectivity index (χ2v) is 5.56. The second kappa shape index (κ2) is 4.92. The predicted molar refractivity (Wildman–Crippen MR) is 67.1 cm³/mol. The summed E-state index contributed by atoms with van der Waals surface area (Å²) in [5, 5.41) is 2.95. The molecule has 1 N–H and O–H groups in total. The maximum Gasteiger partial charge on any atom is 0.247 e. The summed E-state index contributed by atoms with van der Waals surface area (Å²) >= 11 is 0. The van der Waals surface area contributed by atoms with E-state index in [1.165, 1.54) is 4.90 Å². The minimum Gasteiger partial charge on any atom is -0.342 e. The summed E-state index contributed by atoms with van der Waals surface area (Å²) in [6.07, 6.45) is 4.17. The van der Waals surface area contributed by atoms with Crippen molar-refractivity contribution in [1.82, 2.24) is 15.1 Å². The molecule has 19 heavy (non-hydrogen) atoms. The topological polar surface area (TPSA) is 69.7 Å². The van der Waals surface area contributed by atoms with E-state index in [1.54, 1.807) is 0 Å². The van der Waals surface area contributed by atoms with Gasteiger partial charge >= 0.3 is 0 Å². The van der Waals surface area contributed by atoms with Gasteiger partial charge in [0, 0.05) is 19.1 Å². The SMILES string of the molecule is O=C(CNC1CC(=O)N(C2CC2)C1=O)N1CCCC1. The van der Waals surface area contributed by atoms with E-state index >= 15 is 0 Å². The van der Waals surface area contributed by atoms with Gasteiger partial charge in [-0.2, -0.15) is 0 Å². The molecular formula is C13H19N3O3. The van der Waals surface area contributed by atoms with Crippen molar-refractivity contribution in [3.8, 4) is 0 Å². The van der Waals surface area contributed by atoms with Crippen LogP contribution in [0.4, 0.5) is 0 Å². The van der Waals surface area contributed by atoms with Crippen LogP contribution < -0.4 is 5.32 Å². The van der Waals surface area contributed by atoms with Crippen molar-refractivity contribution in [3.63, 3.8) is 0 Å². The summed E-state index contributed by atoms with van der Waals surface area (Å²) in [6, 6.07) is -0.374. The minimum atomic E-state index is -0.500. The predicted octanol–water partition coefficient (Wildman–Crippen LogP) is -0.512. The number of nitrogens with one attached hydrogen (secondary N) is 1. The summed E-state index contributed by atoms with van der Waals surface area (Å²) in [5.74, 6) is -0.219. The van der Waals surface area contributed by atoms with Gasteiger partial charge in [0.15, 0.2) is 0 Å². The van der Waals surface area contributed by atoms with Crippen molar-refractivity contribution < 1.29 is 14.4 Å². The molecule has 1 unspecified atom stereocenters. The maximum absolute atomic E-state index is 12.0. The Morgan fingerprint density at radius 3 is 2.53 bits per heavy atom. The first-order valence-electron chi connectivity index (χ1n) is 7.04. The lowest BCUT2D eigenvalue weighted by atomic mass is 10.2. The minimum absolute atomic E-state index is 0.0302. The van der Waals surface area contributed by atoms with Crippen LogP contribution >= 0.6 is 0 Å². The Hall–Kier alpha value is -1.43. The molecule has 0 aromatic carbocycles. The first-order chi connectivity index (χ1) is 9.16. The van der Waals surface area contributed by atoms with Crippen LogP contribution in [0, 0.1) is 0 Å². The first-order valence-corrected chi connectivity index (χ1v) is 7.04. The van der Waals surface area contributed by atoms with Gasteiger partial charge in [-0.25, -0.2) is 0 Å². The molecule has 2 saturated heterocycles. The van der Waals surface area contributed by atoms with Gasteiger partial charge in [0.05, 0.1) is 19.0 Å². The lowest BCUT2D eigenvalue weighted by molar-refractivity contribution is -0.139. The number of carbonyl (C=O) groups excluding carboxylic acids is 3. The number of amides is 3. The Morgan fingerprint density at radius 1 is 1.21 bits per heavy atom. The molecule has 1 aliphatic carbocycles. The van der Waals surface area contributed by atoms with Crippen LogP contribution in [0.15, 0.2) is 0 Å². The van der Waals surface area contributed by atoms with Crippen molar-refractivity contribution in [3.05, 3.63) is 0 Å². The standard InChI is InChI=1S/C13H19N3O3/c17-11-7-10(13(19)16(11)9-3-4-9)14-8-12(18)15-5-1-2-6-15/h9-10,14H,1-8H2. The Balaban J connectivity index is 1.51. The molecule has 0 spiro atoms. The maximum atomic E-state index is 12.0. The quantitative estimate of drug-likeness (QED) is 0.695. The van der Waals surface area contributed by atoms with Crippen LogP contribution in [0.5, 0.6) is 0 Å². The highest BCUT2D eigenvalue weighted by Crippen LogP contribution is 2.31. The van der Waals surface area contributed by atoms with Gasteiger partial charge in [-0.3, -0.25) is 24.6 Å². The van der Waals surface area contributed by atoms with Crippen LogP contribution in [-0.4, -0.2) is 59.2 Å². The average molecular weight is 265 g/mol. The van der Waals surface area contributed by atoms with E-state index in [1.807, 2.05) is 4.90 Å². The van der Waals surface area contributed by atoms with Gasteiger partial charge in [0.25, 0.3) is 0 Å². The lowest BCUT2D eigenvalue weighted by Gasteiger charge is -2.17. The van der Waals surface area contributed by atoms with Crippen molar-refractivity contribution in [1.29, 1.82) is 0 Å². The molecule has 0 radical (unpaired) electrons. The molecule has 2 heterocycles. The Bertz CT molecular complexity index is 413. The highest BCUT2D eigenvalue weighted by molar-refractivity contribution is 6.06. The van der Waals surface area contributed by atoms with Gasteiger partial charge in [-0.05, 0) is 25.7 Å². The fourth-order valence-electron chi connectivity index (χ4n) is 2.82. The molecule has 2 aliphatic heterocycles. The van der Waals surface area contributed by atoms with Crippen molar-refractivity contribution in [2.24, 2.45) is 0 Å². The highest BCUT2D eigenvalue weighted by atomic mass is 16.2. The Morgan fingerprint density at radius 2 is 1.89 bits per heavy atom. The molecule has 6 heteroatoms. The van der Waals surface area contributed by atoms with Gasteiger partial charge < -0.3 is 4.90 Å². The average Bonchev–Trinajstić information content (AvgIpc) is 2.98. The number of nitrogens with zero attached hydrogens (tertiary/aromatic N) is 2. The van der Waals surface area contributed by atoms with E-state index in [9.17, 15) is 14.4 Å². The molecule has 0 aromatic heterocycles. The van der Waals surface area contributed by atoms with Gasteiger partial charge in [0.2, 0.25) is 17.7 Å². The second-order valence-electron chi connectivity index (χ2n) is 5.56. The number of hydrogen-bond acceptors (Lipinski definition) is 4. The molecule has 0 bridgehead atoms. The summed E-state index contributed by atoms with van der Waals surface area (Å²) < 4.78 is 0.